The van der Waals surface area contributed by atoms with Crippen LogP contribution in [0.4, 0.5) is 0 Å². The third-order valence-corrected chi connectivity index (χ3v) is 6.27. The van der Waals surface area contributed by atoms with Crippen LogP contribution in [0.15, 0.2) is 0 Å². The van der Waals surface area contributed by atoms with E-state index in [0.29, 0.717) is 25.7 Å². The van der Waals surface area contributed by atoms with Crippen LogP contribution >= 0.6 is 0 Å². The number of carbonyl (C=O) groups excluding carboxylic acids is 3. The second kappa shape index (κ2) is 17.4. The summed E-state index contributed by atoms with van der Waals surface area (Å²) in [4.78, 5) is 35.8. The number of hydrogen-bond donors (Lipinski definition) is 1. The van der Waals surface area contributed by atoms with Crippen LogP contribution in [0.5, 0.6) is 0 Å². The molecule has 4 atom stereocenters. The van der Waals surface area contributed by atoms with Gasteiger partial charge in [0, 0.05) is 12.8 Å². The predicted molar refractivity (Wildman–Crippen MR) is 130 cm³/mol. The molecule has 6 heteroatoms. The summed E-state index contributed by atoms with van der Waals surface area (Å²) in [5, 5.41) is 2.60. The highest BCUT2D eigenvalue weighted by Crippen LogP contribution is 2.32. The fourth-order valence-electron chi connectivity index (χ4n) is 4.35. The molecule has 0 bridgehead atoms. The molecule has 1 saturated heterocycles. The van der Waals surface area contributed by atoms with Crippen molar-refractivity contribution < 1.29 is 23.9 Å². The molecule has 0 aromatic heterocycles. The summed E-state index contributed by atoms with van der Waals surface area (Å²) < 4.78 is 11.3. The predicted octanol–water partition coefficient (Wildman–Crippen LogP) is 5.32. The Hall–Kier alpha value is -2.03. The number of amides is 1. The third kappa shape index (κ3) is 12.1. The van der Waals surface area contributed by atoms with E-state index in [4.69, 9.17) is 15.9 Å². The summed E-state index contributed by atoms with van der Waals surface area (Å²) in [5.41, 5.74) is 0. The number of cyclic esters (lactones) is 1. The molecular weight excluding hydrogens is 418 g/mol. The van der Waals surface area contributed by atoms with Crippen molar-refractivity contribution in [1.82, 2.24) is 5.32 Å². The molecule has 0 saturated carbocycles. The Morgan fingerprint density at radius 3 is 2.45 bits per heavy atom. The standard InChI is InChI=1S/C27H45NO5/c1-5-7-9-11-12-13-14-16-22(32-27(31)24(28-20-29)18-21(3)4)19-25-23(26(30)33-25)17-15-10-8-6-2/h2,20-25H,5,7-19H2,1,3-4H3,(H,28,29)/t22-,23-,24-,25-/m0/s1. The van der Waals surface area contributed by atoms with Gasteiger partial charge in [0.15, 0.2) is 0 Å². The van der Waals surface area contributed by atoms with Crippen LogP contribution in [0.25, 0.3) is 0 Å². The van der Waals surface area contributed by atoms with Crippen molar-refractivity contribution in [2.24, 2.45) is 11.8 Å². The van der Waals surface area contributed by atoms with Crippen molar-refractivity contribution in [3.05, 3.63) is 0 Å². The van der Waals surface area contributed by atoms with Gasteiger partial charge in [0.2, 0.25) is 6.41 Å². The van der Waals surface area contributed by atoms with Crippen molar-refractivity contribution in [2.45, 2.75) is 129 Å². The monoisotopic (exact) mass is 463 g/mol. The largest absolute Gasteiger partial charge is 0.461 e. The summed E-state index contributed by atoms with van der Waals surface area (Å²) in [6.45, 7) is 6.21. The molecule has 6 nitrogen and oxygen atoms in total. The van der Waals surface area contributed by atoms with Crippen molar-refractivity contribution in [3.63, 3.8) is 0 Å². The first-order valence-electron chi connectivity index (χ1n) is 13.0. The third-order valence-electron chi connectivity index (χ3n) is 6.27. The molecule has 0 unspecified atom stereocenters. The SMILES string of the molecule is C#CCCCC[C@@H]1C(=O)O[C@H]1C[C@H](CCCCCCCCC)OC(=O)[C@H](CC(C)C)NC=O. The molecule has 33 heavy (non-hydrogen) atoms. The van der Waals surface area contributed by atoms with E-state index in [0.717, 1.165) is 38.5 Å². The first-order chi connectivity index (χ1) is 15.9. The highest BCUT2D eigenvalue weighted by Gasteiger charge is 2.43. The lowest BCUT2D eigenvalue weighted by molar-refractivity contribution is -0.190. The Balaban J connectivity index is 2.64. The van der Waals surface area contributed by atoms with E-state index in [1.54, 1.807) is 0 Å². The Labute approximate surface area is 200 Å². The second-order valence-electron chi connectivity index (χ2n) is 9.70. The quantitative estimate of drug-likeness (QED) is 0.114. The van der Waals surface area contributed by atoms with Crippen LogP contribution in [0.1, 0.15) is 111 Å². The van der Waals surface area contributed by atoms with E-state index < -0.39 is 12.0 Å². The Morgan fingerprint density at radius 1 is 1.15 bits per heavy atom. The summed E-state index contributed by atoms with van der Waals surface area (Å²) in [5.74, 6) is 2.17. The van der Waals surface area contributed by atoms with Crippen molar-refractivity contribution in [3.8, 4) is 12.3 Å². The first kappa shape index (κ1) is 29.0. The number of rotatable bonds is 20. The highest BCUT2D eigenvalue weighted by molar-refractivity contribution is 5.79. The van der Waals surface area contributed by atoms with Crippen LogP contribution in [0.2, 0.25) is 0 Å². The van der Waals surface area contributed by atoms with Crippen molar-refractivity contribution >= 4 is 18.3 Å². The first-order valence-corrected chi connectivity index (χ1v) is 13.0. The fraction of sp³-hybridized carbons (Fsp3) is 0.815. The Kier molecular flexibility index (Phi) is 15.3. The van der Waals surface area contributed by atoms with Crippen molar-refractivity contribution in [2.75, 3.05) is 0 Å². The van der Waals surface area contributed by atoms with Crippen molar-refractivity contribution in [1.29, 1.82) is 0 Å². The van der Waals surface area contributed by atoms with Crippen LogP contribution in [-0.2, 0) is 23.9 Å². The lowest BCUT2D eigenvalue weighted by atomic mass is 9.86. The second-order valence-corrected chi connectivity index (χ2v) is 9.70. The van der Waals surface area contributed by atoms with Crippen LogP contribution in [0, 0.1) is 24.2 Å². The maximum Gasteiger partial charge on any atom is 0.328 e. The molecule has 1 fully saturated rings. The molecule has 1 N–H and O–H groups in total. The fourth-order valence-corrected chi connectivity index (χ4v) is 4.35. The Morgan fingerprint density at radius 2 is 1.85 bits per heavy atom. The number of carbonyl (C=O) groups is 3. The molecule has 1 aliphatic rings. The molecule has 1 heterocycles. The molecule has 0 aromatic rings. The van der Waals surface area contributed by atoms with Gasteiger partial charge in [-0.25, -0.2) is 4.79 Å². The minimum atomic E-state index is -0.650. The van der Waals surface area contributed by atoms with Gasteiger partial charge in [-0.15, -0.1) is 12.3 Å². The molecule has 0 aromatic carbocycles. The van der Waals surface area contributed by atoms with E-state index in [-0.39, 0.29) is 30.0 Å². The number of hydrogen-bond acceptors (Lipinski definition) is 5. The molecule has 1 rings (SSSR count). The molecule has 1 amide bonds. The molecular formula is C27H45NO5. The average Bonchev–Trinajstić information content (AvgIpc) is 2.77. The summed E-state index contributed by atoms with van der Waals surface area (Å²) in [6, 6.07) is -0.650. The van der Waals surface area contributed by atoms with Gasteiger partial charge in [0.1, 0.15) is 18.2 Å². The zero-order valence-corrected chi connectivity index (χ0v) is 21.0. The molecule has 0 spiro atoms. The van der Waals surface area contributed by atoms with Crippen LogP contribution < -0.4 is 5.32 Å². The van der Waals surface area contributed by atoms with E-state index in [9.17, 15) is 14.4 Å². The van der Waals surface area contributed by atoms with Crippen LogP contribution in [-0.4, -0.2) is 36.6 Å². The van der Waals surface area contributed by atoms with Gasteiger partial charge in [-0.3, -0.25) is 9.59 Å². The van der Waals surface area contributed by atoms with E-state index in [1.165, 1.54) is 32.1 Å². The molecule has 188 valence electrons. The number of terminal acetylenes is 1. The summed E-state index contributed by atoms with van der Waals surface area (Å²) >= 11 is 0. The molecule has 0 radical (unpaired) electrons. The van der Waals surface area contributed by atoms with Gasteiger partial charge in [-0.1, -0.05) is 65.7 Å². The number of ether oxygens (including phenoxy) is 2. The zero-order chi connectivity index (χ0) is 24.5. The number of unbranched alkanes of at least 4 members (excludes halogenated alkanes) is 8. The van der Waals surface area contributed by atoms with Gasteiger partial charge in [0.05, 0.1) is 5.92 Å². The van der Waals surface area contributed by atoms with E-state index >= 15 is 0 Å². The normalized spacial score (nSPS) is 19.2. The summed E-state index contributed by atoms with van der Waals surface area (Å²) in [6.07, 6.45) is 18.6. The topological polar surface area (TPSA) is 81.7 Å². The molecule has 0 aliphatic carbocycles. The van der Waals surface area contributed by atoms with Gasteiger partial charge in [0.25, 0.3) is 0 Å². The maximum atomic E-state index is 12.8. The minimum Gasteiger partial charge on any atom is -0.461 e. The van der Waals surface area contributed by atoms with Gasteiger partial charge >= 0.3 is 11.9 Å². The number of esters is 2. The lowest BCUT2D eigenvalue weighted by Crippen LogP contribution is -2.48. The van der Waals surface area contributed by atoms with Crippen LogP contribution in [0.3, 0.4) is 0 Å². The minimum absolute atomic E-state index is 0.141. The summed E-state index contributed by atoms with van der Waals surface area (Å²) in [7, 11) is 0. The number of nitrogens with one attached hydrogen (secondary N) is 1. The van der Waals surface area contributed by atoms with Gasteiger partial charge in [-0.05, 0) is 38.0 Å². The van der Waals surface area contributed by atoms with Gasteiger partial charge in [-0.2, -0.15) is 0 Å². The van der Waals surface area contributed by atoms with E-state index in [1.807, 2.05) is 13.8 Å². The zero-order valence-electron chi connectivity index (χ0n) is 21.0. The average molecular weight is 464 g/mol. The lowest BCUT2D eigenvalue weighted by Gasteiger charge is -2.37. The molecule has 1 aliphatic heterocycles. The van der Waals surface area contributed by atoms with E-state index in [2.05, 4.69) is 18.2 Å². The maximum absolute atomic E-state index is 12.8. The smallest absolute Gasteiger partial charge is 0.328 e. The highest BCUT2D eigenvalue weighted by atomic mass is 16.6. The Bertz CT molecular complexity index is 612. The van der Waals surface area contributed by atoms with Gasteiger partial charge < -0.3 is 14.8 Å².